The van der Waals surface area contributed by atoms with E-state index in [4.69, 9.17) is 4.55 Å². The first-order chi connectivity index (χ1) is 11.3. The van der Waals surface area contributed by atoms with Crippen LogP contribution in [0, 0.1) is 0 Å². The number of piperidine rings is 1. The number of urea groups is 1. The molecule has 2 fully saturated rings. The molecule has 12 heteroatoms. The molecule has 1 aromatic rings. The third-order valence-electron chi connectivity index (χ3n) is 3.79. The van der Waals surface area contributed by atoms with E-state index in [-0.39, 0.29) is 6.54 Å². The maximum atomic E-state index is 12.3. The zero-order valence-electron chi connectivity index (χ0n) is 12.3. The van der Waals surface area contributed by atoms with Crippen LogP contribution in [-0.4, -0.2) is 58.5 Å². The summed E-state index contributed by atoms with van der Waals surface area (Å²) >= 11 is 0. The van der Waals surface area contributed by atoms with Crippen molar-refractivity contribution in [2.24, 2.45) is 0 Å². The van der Waals surface area contributed by atoms with Crippen molar-refractivity contribution >= 4 is 28.0 Å². The average Bonchev–Trinajstić information content (AvgIpc) is 2.77. The first kappa shape index (κ1) is 16.4. The summed E-state index contributed by atoms with van der Waals surface area (Å²) in [4.78, 5) is 29.6. The summed E-state index contributed by atoms with van der Waals surface area (Å²) in [5.74, 6) is -0.445. The van der Waals surface area contributed by atoms with Crippen LogP contribution in [0.4, 0.5) is 10.5 Å². The monoisotopic (exact) mass is 357 g/mol. The lowest BCUT2D eigenvalue weighted by molar-refractivity contribution is -0.125. The molecule has 11 nitrogen and oxygen atoms in total. The van der Waals surface area contributed by atoms with Crippen molar-refractivity contribution in [3.8, 4) is 0 Å². The Morgan fingerprint density at radius 3 is 2.88 bits per heavy atom. The number of hydrazine groups is 1. The van der Waals surface area contributed by atoms with Crippen LogP contribution in [0.3, 0.4) is 0 Å². The zero-order chi connectivity index (χ0) is 17.3. The molecule has 2 atom stereocenters. The number of hydroxylamine groups is 2. The summed E-state index contributed by atoms with van der Waals surface area (Å²) in [6, 6.07) is 1.31. The van der Waals surface area contributed by atoms with E-state index in [0.717, 1.165) is 0 Å². The van der Waals surface area contributed by atoms with Crippen molar-refractivity contribution in [3.63, 3.8) is 0 Å². The Morgan fingerprint density at radius 1 is 1.42 bits per heavy atom. The smallest absolute Gasteiger partial charge is 0.309 e. The quantitative estimate of drug-likeness (QED) is 0.474. The second-order valence-electron chi connectivity index (χ2n) is 5.37. The molecule has 0 unspecified atom stereocenters. The van der Waals surface area contributed by atoms with Gasteiger partial charge in [0, 0.05) is 12.7 Å². The van der Waals surface area contributed by atoms with Crippen LogP contribution in [0.2, 0.25) is 0 Å². The van der Waals surface area contributed by atoms with E-state index in [2.05, 4.69) is 20.1 Å². The Hall–Kier alpha value is -2.44. The summed E-state index contributed by atoms with van der Waals surface area (Å²) in [5, 5.41) is 0.594. The van der Waals surface area contributed by atoms with Gasteiger partial charge >= 0.3 is 16.4 Å². The lowest BCUT2D eigenvalue weighted by Crippen LogP contribution is -2.51. The molecule has 0 radical (unpaired) electrons. The number of carbonyl (C=O) groups excluding carboxylic acids is 2. The Balaban J connectivity index is 1.64. The van der Waals surface area contributed by atoms with Crippen LogP contribution in [-0.2, 0) is 19.5 Å². The van der Waals surface area contributed by atoms with Crippen LogP contribution >= 0.6 is 0 Å². The molecule has 24 heavy (non-hydrogen) atoms. The number of carbonyl (C=O) groups is 2. The Bertz CT molecular complexity index is 742. The summed E-state index contributed by atoms with van der Waals surface area (Å²) in [5.41, 5.74) is 5.74. The molecule has 2 aliphatic heterocycles. The molecule has 0 aliphatic carbocycles. The lowest BCUT2D eigenvalue weighted by atomic mass is 10.0. The third-order valence-corrected chi connectivity index (χ3v) is 4.14. The first-order valence-corrected chi connectivity index (χ1v) is 8.44. The number of anilines is 1. The molecule has 0 spiro atoms. The lowest BCUT2D eigenvalue weighted by Gasteiger charge is -2.29. The number of amides is 3. The number of rotatable bonds is 5. The van der Waals surface area contributed by atoms with E-state index in [1.165, 1.54) is 11.1 Å². The predicted molar refractivity (Wildman–Crippen MR) is 79.4 cm³/mol. The van der Waals surface area contributed by atoms with E-state index in [9.17, 15) is 18.0 Å². The van der Waals surface area contributed by atoms with Gasteiger partial charge in [0.15, 0.2) is 0 Å². The summed E-state index contributed by atoms with van der Waals surface area (Å²) < 4.78 is 34.7. The van der Waals surface area contributed by atoms with Crippen LogP contribution in [0.25, 0.3) is 0 Å². The van der Waals surface area contributed by atoms with Crippen molar-refractivity contribution in [1.29, 1.82) is 0 Å². The summed E-state index contributed by atoms with van der Waals surface area (Å²) in [6.07, 6.45) is 3.80. The minimum absolute atomic E-state index is 0.138. The number of hydrogen-bond acceptors (Lipinski definition) is 7. The standard InChI is InChI=1S/C12H15N5O6S/c18-11(15-14-8-2-1-5-13-6-8)10-4-3-9-7-16(10)12(19)17(9)23-24(20,21)22/h1-2,5-6,9-10,14H,3-4,7H2,(H,15,18)(H,20,21,22)/t9-,10+/m1/s1. The van der Waals surface area contributed by atoms with Gasteiger partial charge in [0.05, 0.1) is 17.9 Å². The second-order valence-corrected chi connectivity index (χ2v) is 6.37. The van der Waals surface area contributed by atoms with Gasteiger partial charge in [-0.3, -0.25) is 25.2 Å². The van der Waals surface area contributed by atoms with Gasteiger partial charge in [-0.2, -0.15) is 13.5 Å². The molecule has 0 aromatic carbocycles. The molecule has 2 aliphatic rings. The SMILES string of the molecule is O=C(NNc1cccnc1)[C@@H]1CC[C@@H]2CN1C(=O)N2OS(=O)(=O)O. The van der Waals surface area contributed by atoms with E-state index in [1.807, 2.05) is 0 Å². The molecular formula is C12H15N5O6S. The zero-order valence-corrected chi connectivity index (χ0v) is 13.1. The van der Waals surface area contributed by atoms with E-state index < -0.39 is 34.4 Å². The molecule has 3 N–H and O–H groups in total. The van der Waals surface area contributed by atoms with Gasteiger partial charge in [-0.1, -0.05) is 0 Å². The van der Waals surface area contributed by atoms with Crippen molar-refractivity contribution in [2.75, 3.05) is 12.0 Å². The molecule has 1 aromatic heterocycles. The van der Waals surface area contributed by atoms with Crippen LogP contribution in [0.1, 0.15) is 12.8 Å². The van der Waals surface area contributed by atoms with Crippen molar-refractivity contribution < 1.29 is 26.8 Å². The highest BCUT2D eigenvalue weighted by molar-refractivity contribution is 7.80. The minimum atomic E-state index is -4.80. The second kappa shape index (κ2) is 6.22. The van der Waals surface area contributed by atoms with Gasteiger partial charge in [0.25, 0.3) is 5.91 Å². The maximum absolute atomic E-state index is 12.3. The minimum Gasteiger partial charge on any atom is -0.309 e. The summed E-state index contributed by atoms with van der Waals surface area (Å²) in [7, 11) is -4.80. The predicted octanol–water partition coefficient (Wildman–Crippen LogP) is -0.472. The first-order valence-electron chi connectivity index (χ1n) is 7.08. The number of nitrogens with zero attached hydrogens (tertiary/aromatic N) is 3. The molecular weight excluding hydrogens is 342 g/mol. The van der Waals surface area contributed by atoms with Gasteiger partial charge in [0.2, 0.25) is 0 Å². The number of aromatic nitrogens is 1. The molecule has 3 heterocycles. The fourth-order valence-corrected chi connectivity index (χ4v) is 3.15. The summed E-state index contributed by atoms with van der Waals surface area (Å²) in [6.45, 7) is 0.138. The van der Waals surface area contributed by atoms with Gasteiger partial charge in [0.1, 0.15) is 6.04 Å². The average molecular weight is 357 g/mol. The van der Waals surface area contributed by atoms with Crippen LogP contribution in [0.15, 0.2) is 24.5 Å². The molecule has 130 valence electrons. The van der Waals surface area contributed by atoms with Crippen molar-refractivity contribution in [1.82, 2.24) is 20.4 Å². The third kappa shape index (κ3) is 3.39. The highest BCUT2D eigenvalue weighted by Gasteiger charge is 2.49. The van der Waals surface area contributed by atoms with Crippen molar-refractivity contribution in [3.05, 3.63) is 24.5 Å². The van der Waals surface area contributed by atoms with E-state index >= 15 is 0 Å². The normalized spacial score (nSPS) is 23.3. The van der Waals surface area contributed by atoms with Gasteiger partial charge < -0.3 is 4.90 Å². The highest BCUT2D eigenvalue weighted by atomic mass is 32.3. The van der Waals surface area contributed by atoms with Gasteiger partial charge in [-0.25, -0.2) is 4.79 Å². The number of nitrogens with one attached hydrogen (secondary N) is 2. The molecule has 2 bridgehead atoms. The fraction of sp³-hybridized carbons (Fsp3) is 0.417. The van der Waals surface area contributed by atoms with Crippen molar-refractivity contribution in [2.45, 2.75) is 24.9 Å². The Labute approximate surface area is 137 Å². The number of hydrogen-bond donors (Lipinski definition) is 3. The topological polar surface area (TPSA) is 141 Å². The molecule has 2 saturated heterocycles. The van der Waals surface area contributed by atoms with Crippen LogP contribution < -0.4 is 10.9 Å². The fourth-order valence-electron chi connectivity index (χ4n) is 2.76. The number of pyridine rings is 1. The number of fused-ring (bicyclic) bond motifs is 2. The highest BCUT2D eigenvalue weighted by Crippen LogP contribution is 2.30. The van der Waals surface area contributed by atoms with Gasteiger partial charge in [-0.05, 0) is 25.0 Å². The van der Waals surface area contributed by atoms with Gasteiger partial charge in [-0.15, -0.1) is 4.28 Å². The molecule has 0 saturated carbocycles. The maximum Gasteiger partial charge on any atom is 0.418 e. The largest absolute Gasteiger partial charge is 0.418 e. The van der Waals surface area contributed by atoms with Crippen LogP contribution in [0.5, 0.6) is 0 Å². The Kier molecular flexibility index (Phi) is 4.26. The van der Waals surface area contributed by atoms with E-state index in [1.54, 1.807) is 18.3 Å². The molecule has 3 rings (SSSR count). The Morgan fingerprint density at radius 2 is 2.21 bits per heavy atom. The van der Waals surface area contributed by atoms with E-state index in [0.29, 0.717) is 23.6 Å². The molecule has 3 amide bonds.